The largest absolute Gasteiger partial charge is 0.494 e. The zero-order chi connectivity index (χ0) is 33.8. The molecule has 0 bridgehead atoms. The third-order valence-corrected chi connectivity index (χ3v) is 8.84. The molecule has 0 radical (unpaired) electrons. The zero-order valence-corrected chi connectivity index (χ0v) is 28.3. The second kappa shape index (κ2) is 17.4. The molecule has 1 aliphatic heterocycles. The lowest BCUT2D eigenvalue weighted by atomic mass is 9.90. The maximum absolute atomic E-state index is 14.2. The lowest BCUT2D eigenvalue weighted by Crippen LogP contribution is -2.54. The molecule has 252 valence electrons. The fourth-order valence-corrected chi connectivity index (χ4v) is 6.13. The van der Waals surface area contributed by atoms with E-state index in [2.05, 4.69) is 0 Å². The number of carbonyl (C=O) groups excluding carboxylic acids is 1. The molecule has 0 amide bonds. The van der Waals surface area contributed by atoms with E-state index in [0.717, 1.165) is 39.1 Å². The number of ether oxygens (including phenoxy) is 5. The summed E-state index contributed by atoms with van der Waals surface area (Å²) in [6.07, 6.45) is -2.53. The van der Waals surface area contributed by atoms with Crippen LogP contribution in [0.2, 0.25) is 5.02 Å². The van der Waals surface area contributed by atoms with Crippen LogP contribution in [0.4, 0.5) is 0 Å². The van der Waals surface area contributed by atoms with Crippen molar-refractivity contribution in [2.75, 3.05) is 13.2 Å². The van der Waals surface area contributed by atoms with Gasteiger partial charge in [0.05, 0.1) is 33.0 Å². The van der Waals surface area contributed by atoms with Crippen molar-refractivity contribution in [2.24, 2.45) is 0 Å². The fraction of sp³-hybridized carbons (Fsp3) is 0.262. The fourth-order valence-electron chi connectivity index (χ4n) is 5.95. The van der Waals surface area contributed by atoms with E-state index in [9.17, 15) is 4.79 Å². The third-order valence-electron chi connectivity index (χ3n) is 8.47. The summed E-state index contributed by atoms with van der Waals surface area (Å²) >= 11 is 6.77. The topological polar surface area (TPSA) is 63.2 Å². The van der Waals surface area contributed by atoms with E-state index in [4.69, 9.17) is 35.3 Å². The van der Waals surface area contributed by atoms with Crippen LogP contribution in [0.5, 0.6) is 5.75 Å². The van der Waals surface area contributed by atoms with E-state index in [1.165, 1.54) is 0 Å². The highest BCUT2D eigenvalue weighted by molar-refractivity contribution is 6.31. The molecule has 7 heteroatoms. The molecule has 4 atom stereocenters. The Labute approximate surface area is 293 Å². The molecule has 1 saturated heterocycles. The number of halogens is 1. The molecule has 5 aromatic carbocycles. The van der Waals surface area contributed by atoms with Gasteiger partial charge in [-0.3, -0.25) is 4.79 Å². The molecule has 6 nitrogen and oxygen atoms in total. The Hall–Kier alpha value is -4.30. The number of benzene rings is 5. The lowest BCUT2D eigenvalue weighted by Gasteiger charge is -2.40. The van der Waals surface area contributed by atoms with Crippen LogP contribution in [0, 0.1) is 0 Å². The molecule has 0 unspecified atom stereocenters. The van der Waals surface area contributed by atoms with Crippen molar-refractivity contribution in [3.63, 3.8) is 0 Å². The van der Waals surface area contributed by atoms with Gasteiger partial charge in [-0.05, 0) is 64.9 Å². The monoisotopic (exact) mass is 676 g/mol. The molecule has 1 heterocycles. The first kappa shape index (κ1) is 34.6. The summed E-state index contributed by atoms with van der Waals surface area (Å²) in [7, 11) is 0. The Kier molecular flexibility index (Phi) is 12.3. The molecule has 0 saturated carbocycles. The van der Waals surface area contributed by atoms with Crippen molar-refractivity contribution in [3.8, 4) is 5.75 Å². The van der Waals surface area contributed by atoms with Crippen molar-refractivity contribution in [1.29, 1.82) is 0 Å². The first-order chi connectivity index (χ1) is 24.1. The summed E-state index contributed by atoms with van der Waals surface area (Å²) in [6.45, 7) is 3.54. The summed E-state index contributed by atoms with van der Waals surface area (Å²) < 4.78 is 31.4. The smallest absolute Gasteiger partial charge is 0.195 e. The number of ketones is 1. The van der Waals surface area contributed by atoms with Crippen LogP contribution in [0.1, 0.15) is 46.4 Å². The average Bonchev–Trinajstić information content (AvgIpc) is 3.14. The normalized spacial score (nSPS) is 19.1. The molecule has 1 aliphatic rings. The van der Waals surface area contributed by atoms with Crippen molar-refractivity contribution in [1.82, 2.24) is 0 Å². The Morgan fingerprint density at radius 1 is 0.673 bits per heavy atom. The Morgan fingerprint density at radius 2 is 1.27 bits per heavy atom. The van der Waals surface area contributed by atoms with Gasteiger partial charge >= 0.3 is 0 Å². The van der Waals surface area contributed by atoms with Gasteiger partial charge in [0.1, 0.15) is 30.2 Å². The highest BCUT2D eigenvalue weighted by atomic mass is 35.5. The number of hydrogen-bond donors (Lipinski definition) is 0. The summed E-state index contributed by atoms with van der Waals surface area (Å²) in [5.41, 5.74) is 5.83. The van der Waals surface area contributed by atoms with E-state index < -0.39 is 24.4 Å². The van der Waals surface area contributed by atoms with Crippen LogP contribution in [0.15, 0.2) is 133 Å². The molecular formula is C42H41ClO6. The van der Waals surface area contributed by atoms with Crippen LogP contribution < -0.4 is 4.74 Å². The molecule has 0 aliphatic carbocycles. The average molecular weight is 677 g/mol. The van der Waals surface area contributed by atoms with Gasteiger partial charge in [0.15, 0.2) is 5.78 Å². The zero-order valence-electron chi connectivity index (χ0n) is 27.6. The first-order valence-electron chi connectivity index (χ1n) is 16.7. The van der Waals surface area contributed by atoms with Crippen LogP contribution in [0.3, 0.4) is 0 Å². The summed E-state index contributed by atoms with van der Waals surface area (Å²) in [5.74, 6) is 0.619. The quantitative estimate of drug-likeness (QED) is 0.111. The van der Waals surface area contributed by atoms with Gasteiger partial charge in [0.2, 0.25) is 0 Å². The van der Waals surface area contributed by atoms with E-state index in [0.29, 0.717) is 24.7 Å². The number of Topliss-reactive ketones (excluding diaryl/α,β-unsaturated/α-hetero) is 1. The Morgan fingerprint density at radius 3 is 1.88 bits per heavy atom. The summed E-state index contributed by atoms with van der Waals surface area (Å²) in [4.78, 5) is 14.2. The van der Waals surface area contributed by atoms with E-state index >= 15 is 0 Å². The SMILES string of the molecule is CCOc1ccc(Cc2cc([C@@H]3O[C@H](COCc4ccccc4)C(=O)[C@H](OCc4ccccc4)[C@H]3OCc3ccccc3)ccc2Cl)cc1. The van der Waals surface area contributed by atoms with Gasteiger partial charge in [0, 0.05) is 5.02 Å². The highest BCUT2D eigenvalue weighted by Gasteiger charge is 2.47. The third kappa shape index (κ3) is 9.44. The minimum Gasteiger partial charge on any atom is -0.494 e. The highest BCUT2D eigenvalue weighted by Crippen LogP contribution is 2.37. The molecule has 1 fully saturated rings. The molecule has 0 spiro atoms. The van der Waals surface area contributed by atoms with Crippen LogP contribution in [-0.4, -0.2) is 37.3 Å². The Balaban J connectivity index is 1.30. The van der Waals surface area contributed by atoms with Crippen LogP contribution in [0.25, 0.3) is 0 Å². The lowest BCUT2D eigenvalue weighted by molar-refractivity contribution is -0.213. The van der Waals surface area contributed by atoms with Gasteiger partial charge in [-0.15, -0.1) is 0 Å². The van der Waals surface area contributed by atoms with Gasteiger partial charge in [0.25, 0.3) is 0 Å². The van der Waals surface area contributed by atoms with Crippen LogP contribution in [-0.2, 0) is 50.0 Å². The number of rotatable bonds is 15. The predicted molar refractivity (Wildman–Crippen MR) is 191 cm³/mol. The van der Waals surface area contributed by atoms with Crippen molar-refractivity contribution < 1.29 is 28.5 Å². The van der Waals surface area contributed by atoms with Crippen molar-refractivity contribution >= 4 is 17.4 Å². The van der Waals surface area contributed by atoms with E-state index in [1.54, 1.807) is 0 Å². The molecule has 6 rings (SSSR count). The van der Waals surface area contributed by atoms with Gasteiger partial charge < -0.3 is 23.7 Å². The van der Waals surface area contributed by atoms with E-state index in [-0.39, 0.29) is 25.6 Å². The number of hydrogen-bond acceptors (Lipinski definition) is 6. The summed E-state index contributed by atoms with van der Waals surface area (Å²) in [5, 5.41) is 0.644. The van der Waals surface area contributed by atoms with E-state index in [1.807, 2.05) is 140 Å². The molecule has 49 heavy (non-hydrogen) atoms. The minimum absolute atomic E-state index is 0.0768. The standard InChI is InChI=1S/C42H41ClO6/c1-2-46-36-21-18-30(19-22-36)24-35-25-34(20-23-37(35)43)40-42(48-28-33-16-10-5-11-17-33)41(47-27-32-14-8-4-9-15-32)39(44)38(49-40)29-45-26-31-12-6-3-7-13-31/h3-23,25,38,40-42H,2,24,26-29H2,1H3/t38-,40+,41+,42+/m1/s1. The molecule has 0 N–H and O–H groups in total. The second-order valence-electron chi connectivity index (χ2n) is 12.0. The van der Waals surface area contributed by atoms with Gasteiger partial charge in [-0.25, -0.2) is 0 Å². The maximum Gasteiger partial charge on any atom is 0.195 e. The maximum atomic E-state index is 14.2. The predicted octanol–water partition coefficient (Wildman–Crippen LogP) is 8.73. The molecule has 0 aromatic heterocycles. The van der Waals surface area contributed by atoms with Gasteiger partial charge in [-0.1, -0.05) is 127 Å². The van der Waals surface area contributed by atoms with Crippen LogP contribution >= 0.6 is 11.6 Å². The second-order valence-corrected chi connectivity index (χ2v) is 12.4. The molecular weight excluding hydrogens is 636 g/mol. The van der Waals surface area contributed by atoms with Gasteiger partial charge in [-0.2, -0.15) is 0 Å². The van der Waals surface area contributed by atoms with Crippen molar-refractivity contribution in [3.05, 3.63) is 172 Å². The number of carbonyl (C=O) groups is 1. The molecule has 5 aromatic rings. The minimum atomic E-state index is -0.904. The Bertz CT molecular complexity index is 1750. The summed E-state index contributed by atoms with van der Waals surface area (Å²) in [6, 6.07) is 43.5. The first-order valence-corrected chi connectivity index (χ1v) is 17.1. The van der Waals surface area contributed by atoms with Crippen molar-refractivity contribution in [2.45, 2.75) is 57.6 Å².